The zero-order valence-corrected chi connectivity index (χ0v) is 39.2. The Hall–Kier alpha value is -3.53. The first-order valence-electron chi connectivity index (χ1n) is 23.7. The molecule has 0 spiro atoms. The van der Waals surface area contributed by atoms with Crippen molar-refractivity contribution in [2.45, 2.75) is 180 Å². The summed E-state index contributed by atoms with van der Waals surface area (Å²) in [6, 6.07) is 0. The summed E-state index contributed by atoms with van der Waals surface area (Å²) in [6.07, 6.45) is 51.9. The average Bonchev–Trinajstić information content (AvgIpc) is 3.22. The molecular formula is C52H87NO8. The highest BCUT2D eigenvalue weighted by molar-refractivity contribution is 5.70. The number of esters is 2. The summed E-state index contributed by atoms with van der Waals surface area (Å²) >= 11 is 0. The minimum atomic E-state index is -1.64. The summed E-state index contributed by atoms with van der Waals surface area (Å²) in [4.78, 5) is 37.0. The maximum absolute atomic E-state index is 12.7. The van der Waals surface area contributed by atoms with E-state index < -0.39 is 24.3 Å². The Morgan fingerprint density at radius 3 is 1.43 bits per heavy atom. The molecule has 0 rings (SSSR count). The number of carboxylic acids is 1. The number of likely N-dealkylation sites (N-methyl/N-ethyl adjacent to an activating group) is 1. The summed E-state index contributed by atoms with van der Waals surface area (Å²) < 4.78 is 22.5. The topological polar surface area (TPSA) is 111 Å². The number of hydrogen-bond donors (Lipinski definition) is 0. The van der Waals surface area contributed by atoms with E-state index in [0.717, 1.165) is 89.9 Å². The molecule has 0 aliphatic rings. The van der Waals surface area contributed by atoms with Crippen LogP contribution in [0.2, 0.25) is 0 Å². The minimum Gasteiger partial charge on any atom is -0.545 e. The van der Waals surface area contributed by atoms with Crippen LogP contribution < -0.4 is 5.11 Å². The number of nitrogens with zero attached hydrogens (tertiary/aromatic N) is 1. The third-order valence-corrected chi connectivity index (χ3v) is 9.63. The molecule has 0 fully saturated rings. The van der Waals surface area contributed by atoms with E-state index in [1.807, 2.05) is 21.1 Å². The van der Waals surface area contributed by atoms with Gasteiger partial charge in [-0.05, 0) is 89.9 Å². The van der Waals surface area contributed by atoms with Crippen molar-refractivity contribution in [2.24, 2.45) is 0 Å². The monoisotopic (exact) mass is 854 g/mol. The molecule has 0 aromatic carbocycles. The average molecular weight is 854 g/mol. The molecule has 2 atom stereocenters. The maximum atomic E-state index is 12.7. The van der Waals surface area contributed by atoms with Crippen molar-refractivity contribution in [3.63, 3.8) is 0 Å². The van der Waals surface area contributed by atoms with Gasteiger partial charge in [0.1, 0.15) is 13.2 Å². The fraction of sp³-hybridized carbons (Fsp3) is 0.673. The number of allylic oxidation sites excluding steroid dienone is 14. The lowest BCUT2D eigenvalue weighted by molar-refractivity contribution is -0.870. The molecule has 61 heavy (non-hydrogen) atoms. The van der Waals surface area contributed by atoms with E-state index in [4.69, 9.17) is 18.9 Å². The van der Waals surface area contributed by atoms with Gasteiger partial charge < -0.3 is 33.3 Å². The fourth-order valence-electron chi connectivity index (χ4n) is 5.94. The standard InChI is InChI=1S/C52H87NO8/c1-6-8-10-12-14-16-18-20-22-23-24-25-26-27-29-30-32-34-36-38-40-42-49(54)59-46-48(47-60-52(51(56)57)58-45-44-53(3,4)5)61-50(55)43-41-39-37-35-33-31-28-21-19-17-15-13-11-9-7-2/h9,11,15,17-18,20-21,23-24,26-28,33,35,48,52H,6-8,10,12-14,16,19,22,25,29-32,34,36-47H2,1-5H3/b11-9-,17-15-,20-18-,24-23-,27-26-,28-21-,35-33-. The van der Waals surface area contributed by atoms with E-state index in [1.54, 1.807) is 0 Å². The number of carboxylic acid groups (broad SMARTS) is 1. The van der Waals surface area contributed by atoms with Crippen LogP contribution in [-0.4, -0.2) is 82.3 Å². The summed E-state index contributed by atoms with van der Waals surface area (Å²) in [5.74, 6) is -2.37. The van der Waals surface area contributed by atoms with Gasteiger partial charge in [-0.1, -0.05) is 150 Å². The highest BCUT2D eigenvalue weighted by Gasteiger charge is 2.21. The highest BCUT2D eigenvalue weighted by atomic mass is 16.7. The molecule has 0 aromatic rings. The van der Waals surface area contributed by atoms with Gasteiger partial charge in [0.25, 0.3) is 0 Å². The zero-order chi connectivity index (χ0) is 44.9. The Kier molecular flexibility index (Phi) is 40.6. The van der Waals surface area contributed by atoms with Crippen molar-refractivity contribution in [1.82, 2.24) is 0 Å². The number of carbonyl (C=O) groups is 3. The first-order chi connectivity index (χ1) is 29.6. The normalized spacial score (nSPS) is 13.7. The highest BCUT2D eigenvalue weighted by Crippen LogP contribution is 2.12. The largest absolute Gasteiger partial charge is 0.545 e. The van der Waals surface area contributed by atoms with Crippen molar-refractivity contribution in [2.75, 3.05) is 47.5 Å². The molecule has 0 bridgehead atoms. The Morgan fingerprint density at radius 1 is 0.508 bits per heavy atom. The molecule has 0 radical (unpaired) electrons. The van der Waals surface area contributed by atoms with E-state index in [-0.39, 0.29) is 38.6 Å². The number of unbranched alkanes of at least 4 members (excludes halogenated alkanes) is 13. The van der Waals surface area contributed by atoms with Crippen LogP contribution in [0.4, 0.5) is 0 Å². The summed E-state index contributed by atoms with van der Waals surface area (Å²) in [6.45, 7) is 4.53. The van der Waals surface area contributed by atoms with E-state index in [2.05, 4.69) is 98.9 Å². The first kappa shape index (κ1) is 57.5. The number of rotatable bonds is 42. The molecule has 9 nitrogen and oxygen atoms in total. The molecule has 9 heteroatoms. The molecule has 348 valence electrons. The van der Waals surface area contributed by atoms with Crippen LogP contribution in [0.5, 0.6) is 0 Å². The van der Waals surface area contributed by atoms with Gasteiger partial charge in [-0.3, -0.25) is 9.59 Å². The van der Waals surface area contributed by atoms with Gasteiger partial charge in [-0.25, -0.2) is 0 Å². The van der Waals surface area contributed by atoms with Crippen molar-refractivity contribution in [3.05, 3.63) is 85.1 Å². The maximum Gasteiger partial charge on any atom is 0.306 e. The predicted molar refractivity (Wildman–Crippen MR) is 251 cm³/mol. The van der Waals surface area contributed by atoms with E-state index in [1.165, 1.54) is 38.5 Å². The van der Waals surface area contributed by atoms with Gasteiger partial charge >= 0.3 is 11.9 Å². The number of aliphatic carboxylic acids is 1. The molecule has 0 amide bonds. The molecule has 0 saturated heterocycles. The van der Waals surface area contributed by atoms with Crippen LogP contribution in [0.25, 0.3) is 0 Å². The van der Waals surface area contributed by atoms with Crippen LogP contribution in [0, 0.1) is 0 Å². The van der Waals surface area contributed by atoms with Gasteiger partial charge in [0.15, 0.2) is 12.4 Å². The number of ether oxygens (including phenoxy) is 4. The van der Waals surface area contributed by atoms with Crippen LogP contribution in [0.3, 0.4) is 0 Å². The Labute approximate surface area is 372 Å². The summed E-state index contributed by atoms with van der Waals surface area (Å²) in [5, 5.41) is 11.7. The second-order valence-electron chi connectivity index (χ2n) is 16.7. The van der Waals surface area contributed by atoms with Crippen molar-refractivity contribution in [1.29, 1.82) is 0 Å². The Bertz CT molecular complexity index is 1270. The van der Waals surface area contributed by atoms with Crippen molar-refractivity contribution < 1.29 is 42.9 Å². The Morgan fingerprint density at radius 2 is 0.934 bits per heavy atom. The minimum absolute atomic E-state index is 0.132. The lowest BCUT2D eigenvalue weighted by Crippen LogP contribution is -2.44. The lowest BCUT2D eigenvalue weighted by Gasteiger charge is -2.26. The number of carbonyl (C=O) groups excluding carboxylic acids is 3. The SMILES string of the molecule is CC/C=C\C/C=C\C/C=C\C/C=C\CCCCC(=O)OC(COC(=O)CCCCCCCC/C=C\C/C=C\C/C=C\CCCCCCC)COC(OCC[N+](C)(C)C)C(=O)[O-]. The zero-order valence-electron chi connectivity index (χ0n) is 39.2. The molecule has 0 saturated carbocycles. The van der Waals surface area contributed by atoms with Crippen LogP contribution in [-0.2, 0) is 33.3 Å². The van der Waals surface area contributed by atoms with E-state index >= 15 is 0 Å². The predicted octanol–water partition coefficient (Wildman–Crippen LogP) is 11.6. The smallest absolute Gasteiger partial charge is 0.306 e. The van der Waals surface area contributed by atoms with E-state index in [9.17, 15) is 19.5 Å². The van der Waals surface area contributed by atoms with E-state index in [0.29, 0.717) is 23.9 Å². The second-order valence-corrected chi connectivity index (χ2v) is 16.7. The molecular weight excluding hydrogens is 767 g/mol. The fourth-order valence-corrected chi connectivity index (χ4v) is 5.94. The van der Waals surface area contributed by atoms with Gasteiger partial charge in [0.2, 0.25) is 0 Å². The first-order valence-corrected chi connectivity index (χ1v) is 23.7. The summed E-state index contributed by atoms with van der Waals surface area (Å²) in [7, 11) is 5.88. The molecule has 2 unspecified atom stereocenters. The van der Waals surface area contributed by atoms with Gasteiger partial charge in [0, 0.05) is 12.8 Å². The molecule has 0 aliphatic carbocycles. The van der Waals surface area contributed by atoms with Crippen LogP contribution in [0.1, 0.15) is 168 Å². The Balaban J connectivity index is 4.48. The molecule has 0 heterocycles. The van der Waals surface area contributed by atoms with Crippen LogP contribution >= 0.6 is 0 Å². The molecule has 0 N–H and O–H groups in total. The molecule has 0 aromatic heterocycles. The van der Waals surface area contributed by atoms with Gasteiger partial charge in [-0.2, -0.15) is 0 Å². The number of hydrogen-bond acceptors (Lipinski definition) is 8. The second kappa shape index (κ2) is 43.1. The summed E-state index contributed by atoms with van der Waals surface area (Å²) in [5.41, 5.74) is 0. The molecule has 0 aliphatic heterocycles. The lowest BCUT2D eigenvalue weighted by atomic mass is 10.1. The van der Waals surface area contributed by atoms with Crippen molar-refractivity contribution >= 4 is 17.9 Å². The third-order valence-electron chi connectivity index (χ3n) is 9.63. The number of quaternary nitrogens is 1. The van der Waals surface area contributed by atoms with Crippen molar-refractivity contribution in [3.8, 4) is 0 Å². The quantitative estimate of drug-likeness (QED) is 0.0196. The van der Waals surface area contributed by atoms with Gasteiger partial charge in [-0.15, -0.1) is 0 Å². The third kappa shape index (κ3) is 44.3. The van der Waals surface area contributed by atoms with Gasteiger partial charge in [0.05, 0.1) is 40.3 Å². The van der Waals surface area contributed by atoms with Crippen LogP contribution in [0.15, 0.2) is 85.1 Å².